The number of hydrogen-bond donors (Lipinski definition) is 0. The van der Waals surface area contributed by atoms with E-state index in [1.165, 1.54) is 19.3 Å². The highest BCUT2D eigenvalue weighted by atomic mass is 79.9. The largest absolute Gasteiger partial charge is 0.296 e. The molecule has 1 fully saturated rings. The first-order chi connectivity index (χ1) is 14.5. The number of rotatable bonds is 4. The second kappa shape index (κ2) is 8.08. The fourth-order valence-electron chi connectivity index (χ4n) is 3.61. The summed E-state index contributed by atoms with van der Waals surface area (Å²) < 4.78 is 3.13. The van der Waals surface area contributed by atoms with Crippen molar-refractivity contribution in [3.63, 3.8) is 0 Å². The predicted octanol–water partition coefficient (Wildman–Crippen LogP) is 7.70. The van der Waals surface area contributed by atoms with Gasteiger partial charge in [0, 0.05) is 26.7 Å². The van der Waals surface area contributed by atoms with Gasteiger partial charge in [-0.15, -0.1) is 10.2 Å². The molecule has 0 atom stereocenters. The van der Waals surface area contributed by atoms with Crippen LogP contribution in [0.15, 0.2) is 46.9 Å². The lowest BCUT2D eigenvalue weighted by Crippen LogP contribution is -2.07. The molecular formula is C22H17BrCl2N4S. The molecule has 4 aromatic rings. The van der Waals surface area contributed by atoms with Gasteiger partial charge in [0.1, 0.15) is 16.5 Å². The number of imidazole rings is 1. The summed E-state index contributed by atoms with van der Waals surface area (Å²) in [6, 6.07) is 13.6. The van der Waals surface area contributed by atoms with E-state index in [1.54, 1.807) is 17.4 Å². The molecule has 30 heavy (non-hydrogen) atoms. The van der Waals surface area contributed by atoms with Crippen LogP contribution in [0.25, 0.3) is 27.8 Å². The summed E-state index contributed by atoms with van der Waals surface area (Å²) in [6.45, 7) is 2.06. The smallest absolute Gasteiger partial charge is 0.168 e. The Bertz CT molecular complexity index is 1230. The van der Waals surface area contributed by atoms with E-state index in [1.807, 2.05) is 24.3 Å². The van der Waals surface area contributed by atoms with Gasteiger partial charge in [-0.3, -0.25) is 4.57 Å². The molecule has 1 aliphatic rings. The predicted molar refractivity (Wildman–Crippen MR) is 127 cm³/mol. The molecule has 0 unspecified atom stereocenters. The summed E-state index contributed by atoms with van der Waals surface area (Å²) in [5.74, 6) is 1.31. The summed E-state index contributed by atoms with van der Waals surface area (Å²) >= 11 is 17.8. The first-order valence-corrected chi connectivity index (χ1v) is 12.0. The molecule has 1 aliphatic carbocycles. The molecule has 0 radical (unpaired) electrons. The minimum absolute atomic E-state index is 0.551. The van der Waals surface area contributed by atoms with Crippen molar-refractivity contribution in [2.75, 3.05) is 0 Å². The summed E-state index contributed by atoms with van der Waals surface area (Å²) in [4.78, 5) is 4.99. The Morgan fingerprint density at radius 2 is 1.83 bits per heavy atom. The van der Waals surface area contributed by atoms with Crippen molar-refractivity contribution in [2.45, 2.75) is 32.1 Å². The van der Waals surface area contributed by atoms with Crippen molar-refractivity contribution in [3.8, 4) is 27.8 Å². The normalized spacial score (nSPS) is 14.1. The van der Waals surface area contributed by atoms with Crippen LogP contribution >= 0.6 is 50.5 Å². The van der Waals surface area contributed by atoms with Gasteiger partial charge in [-0.2, -0.15) is 0 Å². The molecule has 8 heteroatoms. The number of hydrogen-bond acceptors (Lipinski definition) is 4. The molecule has 2 aromatic heterocycles. The van der Waals surface area contributed by atoms with Gasteiger partial charge in [0.2, 0.25) is 0 Å². The zero-order valence-corrected chi connectivity index (χ0v) is 20.0. The van der Waals surface area contributed by atoms with Crippen LogP contribution in [0.2, 0.25) is 10.0 Å². The van der Waals surface area contributed by atoms with Crippen LogP contribution in [0.3, 0.4) is 0 Å². The number of benzene rings is 2. The van der Waals surface area contributed by atoms with Crippen molar-refractivity contribution in [1.29, 1.82) is 0 Å². The zero-order valence-electron chi connectivity index (χ0n) is 16.1. The monoisotopic (exact) mass is 518 g/mol. The fraction of sp³-hybridized carbons (Fsp3) is 0.227. The lowest BCUT2D eigenvalue weighted by atomic mass is 9.86. The highest BCUT2D eigenvalue weighted by Gasteiger charge is 2.26. The van der Waals surface area contributed by atoms with Crippen molar-refractivity contribution < 1.29 is 0 Å². The maximum absolute atomic E-state index is 6.56. The van der Waals surface area contributed by atoms with E-state index in [9.17, 15) is 0 Å². The Morgan fingerprint density at radius 3 is 2.50 bits per heavy atom. The van der Waals surface area contributed by atoms with Gasteiger partial charge in [-0.1, -0.05) is 56.9 Å². The lowest BCUT2D eigenvalue weighted by Gasteiger charge is -2.21. The summed E-state index contributed by atoms with van der Waals surface area (Å²) in [5.41, 5.74) is 3.65. The first kappa shape index (κ1) is 20.2. The third kappa shape index (κ3) is 3.60. The average Bonchev–Trinajstić information content (AvgIpc) is 3.26. The molecule has 1 saturated carbocycles. The summed E-state index contributed by atoms with van der Waals surface area (Å²) in [6.07, 6.45) is 3.68. The lowest BCUT2D eigenvalue weighted by molar-refractivity contribution is 0.416. The minimum Gasteiger partial charge on any atom is -0.296 e. The fourth-order valence-corrected chi connectivity index (χ4v) is 5.42. The molecule has 0 bridgehead atoms. The molecular weight excluding hydrogens is 503 g/mol. The highest BCUT2D eigenvalue weighted by Crippen LogP contribution is 2.41. The Hall–Kier alpha value is -1.73. The van der Waals surface area contributed by atoms with Gasteiger partial charge in [0.05, 0.1) is 10.7 Å². The van der Waals surface area contributed by atoms with Gasteiger partial charge >= 0.3 is 0 Å². The Labute approximate surface area is 197 Å². The van der Waals surface area contributed by atoms with E-state index >= 15 is 0 Å². The van der Waals surface area contributed by atoms with Gasteiger partial charge < -0.3 is 0 Å². The summed E-state index contributed by atoms with van der Waals surface area (Å²) in [7, 11) is 0. The third-order valence-corrected chi connectivity index (χ3v) is 7.63. The van der Waals surface area contributed by atoms with Crippen molar-refractivity contribution >= 4 is 50.5 Å². The zero-order chi connectivity index (χ0) is 20.8. The van der Waals surface area contributed by atoms with Gasteiger partial charge in [0.25, 0.3) is 0 Å². The molecule has 5 rings (SSSR count). The van der Waals surface area contributed by atoms with Crippen LogP contribution in [0.4, 0.5) is 0 Å². The topological polar surface area (TPSA) is 43.6 Å². The Balaban J connectivity index is 1.69. The van der Waals surface area contributed by atoms with E-state index in [0.29, 0.717) is 16.0 Å². The van der Waals surface area contributed by atoms with E-state index in [2.05, 4.69) is 49.8 Å². The maximum atomic E-state index is 6.56. The SMILES string of the molecule is Cc1c(-c2nnc(C3CCC3)s2)nc(-c2ccc(Cl)cc2Cl)n1-c1ccc(Br)cc1. The van der Waals surface area contributed by atoms with Crippen molar-refractivity contribution in [1.82, 2.24) is 19.7 Å². The van der Waals surface area contributed by atoms with E-state index in [-0.39, 0.29) is 0 Å². The quantitative estimate of drug-likeness (QED) is 0.277. The molecule has 2 aromatic carbocycles. The van der Waals surface area contributed by atoms with Crippen LogP contribution in [0, 0.1) is 6.92 Å². The van der Waals surface area contributed by atoms with E-state index in [0.717, 1.165) is 43.0 Å². The second-order valence-corrected chi connectivity index (χ2v) is 10.1. The van der Waals surface area contributed by atoms with Gasteiger partial charge in [-0.25, -0.2) is 4.98 Å². The average molecular weight is 520 g/mol. The third-order valence-electron chi connectivity index (χ3n) is 5.46. The molecule has 0 saturated heterocycles. The van der Waals surface area contributed by atoms with Crippen LogP contribution in [-0.2, 0) is 0 Å². The van der Waals surface area contributed by atoms with Crippen molar-refractivity contribution in [3.05, 3.63) is 67.7 Å². The first-order valence-electron chi connectivity index (χ1n) is 9.66. The van der Waals surface area contributed by atoms with Crippen LogP contribution in [-0.4, -0.2) is 19.7 Å². The Morgan fingerprint density at radius 1 is 1.07 bits per heavy atom. The van der Waals surface area contributed by atoms with E-state index in [4.69, 9.17) is 28.2 Å². The second-order valence-electron chi connectivity index (χ2n) is 7.38. The molecule has 0 aliphatic heterocycles. The van der Waals surface area contributed by atoms with Crippen LogP contribution in [0.5, 0.6) is 0 Å². The van der Waals surface area contributed by atoms with Crippen LogP contribution < -0.4 is 0 Å². The van der Waals surface area contributed by atoms with Gasteiger partial charge in [0.15, 0.2) is 5.01 Å². The minimum atomic E-state index is 0.551. The number of aromatic nitrogens is 4. The molecule has 2 heterocycles. The molecule has 0 amide bonds. The molecule has 152 valence electrons. The number of halogens is 3. The van der Waals surface area contributed by atoms with Gasteiger partial charge in [-0.05, 0) is 62.2 Å². The standard InChI is InChI=1S/C22H17BrCl2N4S/c1-12-19(22-28-27-21(30-22)13-3-2-4-13)26-20(17-10-7-15(24)11-18(17)25)29(12)16-8-5-14(23)6-9-16/h5-11,13H,2-4H2,1H3. The molecule has 0 N–H and O–H groups in total. The van der Waals surface area contributed by atoms with Crippen molar-refractivity contribution in [2.24, 2.45) is 0 Å². The highest BCUT2D eigenvalue weighted by molar-refractivity contribution is 9.10. The molecule has 0 spiro atoms. The van der Waals surface area contributed by atoms with E-state index < -0.39 is 0 Å². The summed E-state index contributed by atoms with van der Waals surface area (Å²) in [5, 5.41) is 12.0. The Kier molecular flexibility index (Phi) is 5.44. The maximum Gasteiger partial charge on any atom is 0.168 e. The molecule has 4 nitrogen and oxygen atoms in total. The van der Waals surface area contributed by atoms with Crippen LogP contribution in [0.1, 0.15) is 35.9 Å². The number of nitrogens with zero attached hydrogens (tertiary/aromatic N) is 4.